The molecule has 5 heteroatoms. The Morgan fingerprint density at radius 1 is 1.44 bits per heavy atom. The zero-order valence-corrected chi connectivity index (χ0v) is 10.5. The number of amides is 1. The van der Waals surface area contributed by atoms with E-state index in [9.17, 15) is 9.18 Å². The molecule has 2 N–H and O–H groups in total. The van der Waals surface area contributed by atoms with Crippen molar-refractivity contribution in [2.75, 3.05) is 18.4 Å². The fraction of sp³-hybridized carbons (Fsp3) is 0.385. The van der Waals surface area contributed by atoms with Crippen LogP contribution in [0.4, 0.5) is 10.1 Å². The maximum atomic E-state index is 13.1. The Morgan fingerprint density at radius 2 is 2.17 bits per heavy atom. The average Bonchev–Trinajstić information content (AvgIpc) is 2.33. The zero-order chi connectivity index (χ0) is 13.5. The average molecular weight is 249 g/mol. The van der Waals surface area contributed by atoms with Crippen LogP contribution in [0.5, 0.6) is 0 Å². The Bertz CT molecular complexity index is 466. The second-order valence-electron chi connectivity index (χ2n) is 4.39. The van der Waals surface area contributed by atoms with Crippen molar-refractivity contribution in [3.05, 3.63) is 29.6 Å². The van der Waals surface area contributed by atoms with E-state index < -0.39 is 5.82 Å². The summed E-state index contributed by atoms with van der Waals surface area (Å²) in [4.78, 5) is 11.4. The molecule has 0 saturated carbocycles. The van der Waals surface area contributed by atoms with Gasteiger partial charge in [-0.1, -0.05) is 13.8 Å². The summed E-state index contributed by atoms with van der Waals surface area (Å²) >= 11 is 0. The molecule has 0 aliphatic rings. The predicted molar refractivity (Wildman–Crippen MR) is 67.5 cm³/mol. The van der Waals surface area contributed by atoms with Crippen molar-refractivity contribution in [1.82, 2.24) is 5.32 Å². The quantitative estimate of drug-likeness (QED) is 0.837. The van der Waals surface area contributed by atoms with Gasteiger partial charge in [0.05, 0.1) is 18.2 Å². The van der Waals surface area contributed by atoms with E-state index in [-0.39, 0.29) is 18.0 Å². The molecule has 0 aromatic heterocycles. The normalized spacial score (nSPS) is 9.94. The maximum Gasteiger partial charge on any atom is 0.239 e. The highest BCUT2D eigenvalue weighted by Gasteiger charge is 2.04. The number of nitrogens with zero attached hydrogens (tertiary/aromatic N) is 1. The third kappa shape index (κ3) is 4.83. The smallest absolute Gasteiger partial charge is 0.239 e. The van der Waals surface area contributed by atoms with Crippen LogP contribution in [0.2, 0.25) is 0 Å². The molecular weight excluding hydrogens is 233 g/mol. The topological polar surface area (TPSA) is 64.9 Å². The number of nitrogens with one attached hydrogen (secondary N) is 2. The lowest BCUT2D eigenvalue weighted by Crippen LogP contribution is -2.32. The standard InChI is InChI=1S/C13H16FN3O/c1-9(2)7-17-13(18)8-16-12-4-10(6-15)3-11(14)5-12/h3-5,9,16H,7-8H2,1-2H3,(H,17,18). The van der Waals surface area contributed by atoms with Gasteiger partial charge in [-0.25, -0.2) is 4.39 Å². The molecule has 0 fully saturated rings. The minimum Gasteiger partial charge on any atom is -0.376 e. The molecule has 0 bridgehead atoms. The second-order valence-corrected chi connectivity index (χ2v) is 4.39. The summed E-state index contributed by atoms with van der Waals surface area (Å²) in [7, 11) is 0. The number of benzene rings is 1. The third-order valence-electron chi connectivity index (χ3n) is 2.19. The number of anilines is 1. The number of rotatable bonds is 5. The van der Waals surface area contributed by atoms with Crippen molar-refractivity contribution in [2.45, 2.75) is 13.8 Å². The molecule has 96 valence electrons. The van der Waals surface area contributed by atoms with Gasteiger partial charge in [-0.05, 0) is 24.1 Å². The molecule has 1 amide bonds. The first kappa shape index (κ1) is 14.0. The van der Waals surface area contributed by atoms with E-state index >= 15 is 0 Å². The molecule has 1 aromatic carbocycles. The first-order valence-corrected chi connectivity index (χ1v) is 5.72. The molecule has 0 atom stereocenters. The van der Waals surface area contributed by atoms with Crippen molar-refractivity contribution in [2.24, 2.45) is 5.92 Å². The molecule has 18 heavy (non-hydrogen) atoms. The van der Waals surface area contributed by atoms with Crippen molar-refractivity contribution in [3.63, 3.8) is 0 Å². The van der Waals surface area contributed by atoms with Crippen LogP contribution in [0.25, 0.3) is 0 Å². The van der Waals surface area contributed by atoms with E-state index in [2.05, 4.69) is 10.6 Å². The summed E-state index contributed by atoms with van der Waals surface area (Å²) in [5.74, 6) is -0.279. The van der Waals surface area contributed by atoms with E-state index in [1.165, 1.54) is 12.1 Å². The number of halogens is 1. The summed E-state index contributed by atoms with van der Waals surface area (Å²) in [5.41, 5.74) is 0.645. The van der Waals surface area contributed by atoms with Crippen molar-refractivity contribution in [3.8, 4) is 6.07 Å². The Labute approximate surface area is 106 Å². The van der Waals surface area contributed by atoms with E-state index in [0.717, 1.165) is 6.07 Å². The van der Waals surface area contributed by atoms with Crippen LogP contribution in [-0.4, -0.2) is 19.0 Å². The van der Waals surface area contributed by atoms with Crippen LogP contribution in [0.15, 0.2) is 18.2 Å². The summed E-state index contributed by atoms with van der Waals surface area (Å²) in [6.07, 6.45) is 0. The number of hydrogen-bond acceptors (Lipinski definition) is 3. The Morgan fingerprint density at radius 3 is 2.78 bits per heavy atom. The van der Waals surface area contributed by atoms with Crippen LogP contribution >= 0.6 is 0 Å². The third-order valence-corrected chi connectivity index (χ3v) is 2.19. The van der Waals surface area contributed by atoms with Gasteiger partial charge in [-0.3, -0.25) is 4.79 Å². The largest absolute Gasteiger partial charge is 0.376 e. The van der Waals surface area contributed by atoms with Gasteiger partial charge >= 0.3 is 0 Å². The Hall–Kier alpha value is -2.09. The Kier molecular flexibility index (Phi) is 5.12. The van der Waals surface area contributed by atoms with Gasteiger partial charge in [0.2, 0.25) is 5.91 Å². The minimum absolute atomic E-state index is 0.0566. The highest BCUT2D eigenvalue weighted by atomic mass is 19.1. The molecule has 0 unspecified atom stereocenters. The van der Waals surface area contributed by atoms with Gasteiger partial charge in [0.1, 0.15) is 5.82 Å². The Balaban J connectivity index is 2.51. The molecule has 1 aromatic rings. The van der Waals surface area contributed by atoms with Crippen molar-refractivity contribution < 1.29 is 9.18 Å². The molecule has 1 rings (SSSR count). The summed E-state index contributed by atoms with van der Waals surface area (Å²) in [6, 6.07) is 5.74. The highest BCUT2D eigenvalue weighted by molar-refractivity contribution is 5.80. The maximum absolute atomic E-state index is 13.1. The molecule has 0 saturated heterocycles. The zero-order valence-electron chi connectivity index (χ0n) is 10.5. The lowest BCUT2D eigenvalue weighted by atomic mass is 10.2. The molecule has 0 heterocycles. The van der Waals surface area contributed by atoms with Gasteiger partial charge in [-0.2, -0.15) is 5.26 Å². The van der Waals surface area contributed by atoms with E-state index in [4.69, 9.17) is 5.26 Å². The van der Waals surface area contributed by atoms with Crippen molar-refractivity contribution in [1.29, 1.82) is 5.26 Å². The van der Waals surface area contributed by atoms with Gasteiger partial charge in [0, 0.05) is 12.2 Å². The summed E-state index contributed by atoms with van der Waals surface area (Å²) in [6.45, 7) is 4.66. The minimum atomic E-state index is -0.501. The second kappa shape index (κ2) is 6.60. The van der Waals surface area contributed by atoms with Crippen LogP contribution in [0.3, 0.4) is 0 Å². The molecule has 4 nitrogen and oxygen atoms in total. The van der Waals surface area contributed by atoms with E-state index in [0.29, 0.717) is 18.2 Å². The predicted octanol–water partition coefficient (Wildman–Crippen LogP) is 1.88. The van der Waals surface area contributed by atoms with Crippen LogP contribution < -0.4 is 10.6 Å². The first-order valence-electron chi connectivity index (χ1n) is 5.72. The SMILES string of the molecule is CC(C)CNC(=O)CNc1cc(F)cc(C#N)c1. The number of hydrogen-bond donors (Lipinski definition) is 2. The van der Waals surface area contributed by atoms with Gasteiger partial charge in [0.15, 0.2) is 0 Å². The lowest BCUT2D eigenvalue weighted by molar-refractivity contribution is -0.119. The first-order chi connectivity index (χ1) is 8.51. The summed E-state index contributed by atoms with van der Waals surface area (Å²) < 4.78 is 13.1. The molecule has 0 aliphatic heterocycles. The van der Waals surface area contributed by atoms with E-state index in [1.807, 2.05) is 19.9 Å². The molecule has 0 spiro atoms. The monoisotopic (exact) mass is 249 g/mol. The molecule has 0 radical (unpaired) electrons. The number of carbonyl (C=O) groups is 1. The highest BCUT2D eigenvalue weighted by Crippen LogP contribution is 2.12. The molecular formula is C13H16FN3O. The molecule has 0 aliphatic carbocycles. The fourth-order valence-corrected chi connectivity index (χ4v) is 1.32. The van der Waals surface area contributed by atoms with Gasteiger partial charge in [0.25, 0.3) is 0 Å². The van der Waals surface area contributed by atoms with Crippen LogP contribution in [-0.2, 0) is 4.79 Å². The van der Waals surface area contributed by atoms with Crippen LogP contribution in [0.1, 0.15) is 19.4 Å². The van der Waals surface area contributed by atoms with Crippen LogP contribution in [0, 0.1) is 23.1 Å². The summed E-state index contributed by atoms with van der Waals surface area (Å²) in [5, 5.41) is 14.2. The number of nitriles is 1. The van der Waals surface area contributed by atoms with Gasteiger partial charge < -0.3 is 10.6 Å². The number of carbonyl (C=O) groups excluding carboxylic acids is 1. The fourth-order valence-electron chi connectivity index (χ4n) is 1.32. The van der Waals surface area contributed by atoms with Crippen molar-refractivity contribution >= 4 is 11.6 Å². The van der Waals surface area contributed by atoms with E-state index in [1.54, 1.807) is 0 Å². The van der Waals surface area contributed by atoms with Gasteiger partial charge in [-0.15, -0.1) is 0 Å². The lowest BCUT2D eigenvalue weighted by Gasteiger charge is -2.09.